The largest absolute Gasteiger partial charge is 0.477 e. The number of aromatic nitrogens is 2. The molecule has 0 saturated heterocycles. The van der Waals surface area contributed by atoms with Gasteiger partial charge in [-0.25, -0.2) is 23.2 Å². The van der Waals surface area contributed by atoms with Gasteiger partial charge in [0.25, 0.3) is 0 Å². The Bertz CT molecular complexity index is 524. The number of carboxylic acid groups (broad SMARTS) is 1. The Morgan fingerprint density at radius 1 is 1.38 bits per heavy atom. The van der Waals surface area contributed by atoms with Gasteiger partial charge in [0.1, 0.15) is 0 Å². The van der Waals surface area contributed by atoms with E-state index in [1.807, 2.05) is 0 Å². The van der Waals surface area contributed by atoms with Crippen molar-refractivity contribution < 1.29 is 18.3 Å². The topological polar surface area (TPSA) is 100 Å². The number of carbonyl (C=O) groups is 1. The quantitative estimate of drug-likeness (QED) is 0.726. The van der Waals surface area contributed by atoms with Gasteiger partial charge in [0.15, 0.2) is 20.6 Å². The number of carboxylic acids is 1. The Morgan fingerprint density at radius 2 is 1.94 bits per heavy atom. The van der Waals surface area contributed by atoms with Gasteiger partial charge in [-0.05, 0) is 0 Å². The van der Waals surface area contributed by atoms with Gasteiger partial charge in [0.2, 0.25) is 5.95 Å². The third kappa shape index (κ3) is 2.66. The van der Waals surface area contributed by atoms with Crippen LogP contribution in [0.1, 0.15) is 10.5 Å². The molecule has 16 heavy (non-hydrogen) atoms. The van der Waals surface area contributed by atoms with E-state index in [1.54, 1.807) is 14.1 Å². The average Bonchev–Trinajstić information content (AvgIpc) is 2.15. The van der Waals surface area contributed by atoms with E-state index < -0.39 is 15.8 Å². The van der Waals surface area contributed by atoms with Gasteiger partial charge < -0.3 is 10.0 Å². The van der Waals surface area contributed by atoms with Crippen LogP contribution in [0.3, 0.4) is 0 Å². The molecule has 0 saturated carbocycles. The van der Waals surface area contributed by atoms with Crippen molar-refractivity contribution in [2.45, 2.75) is 5.03 Å². The monoisotopic (exact) mass is 245 g/mol. The zero-order valence-electron chi connectivity index (χ0n) is 9.00. The van der Waals surface area contributed by atoms with Crippen LogP contribution >= 0.6 is 0 Å². The molecule has 0 aliphatic carbocycles. The van der Waals surface area contributed by atoms with Crippen molar-refractivity contribution in [1.82, 2.24) is 9.97 Å². The number of rotatable bonds is 3. The summed E-state index contributed by atoms with van der Waals surface area (Å²) in [5.41, 5.74) is -0.348. The first-order valence-electron chi connectivity index (χ1n) is 4.21. The Hall–Kier alpha value is -1.70. The summed E-state index contributed by atoms with van der Waals surface area (Å²) < 4.78 is 22.6. The number of nitrogens with zero attached hydrogens (tertiary/aromatic N) is 3. The first kappa shape index (κ1) is 12.4. The molecule has 1 aromatic rings. The average molecular weight is 245 g/mol. The first-order chi connectivity index (χ1) is 7.21. The molecule has 0 aromatic carbocycles. The van der Waals surface area contributed by atoms with E-state index in [4.69, 9.17) is 5.11 Å². The van der Waals surface area contributed by atoms with Crippen LogP contribution < -0.4 is 4.90 Å². The van der Waals surface area contributed by atoms with Crippen molar-refractivity contribution in [3.05, 3.63) is 11.8 Å². The summed E-state index contributed by atoms with van der Waals surface area (Å²) in [6, 6.07) is 0.935. The summed E-state index contributed by atoms with van der Waals surface area (Å²) >= 11 is 0. The lowest BCUT2D eigenvalue weighted by Gasteiger charge is -2.11. The molecule has 0 bridgehead atoms. The lowest BCUT2D eigenvalue weighted by Crippen LogP contribution is -2.17. The normalized spacial score (nSPS) is 11.2. The van der Waals surface area contributed by atoms with Crippen LogP contribution in [0.5, 0.6) is 0 Å². The lowest BCUT2D eigenvalue weighted by molar-refractivity contribution is 0.0690. The van der Waals surface area contributed by atoms with E-state index in [1.165, 1.54) is 4.90 Å². The highest BCUT2D eigenvalue weighted by molar-refractivity contribution is 7.90. The third-order valence-electron chi connectivity index (χ3n) is 1.69. The maximum absolute atomic E-state index is 11.3. The van der Waals surface area contributed by atoms with E-state index in [2.05, 4.69) is 9.97 Å². The van der Waals surface area contributed by atoms with Crippen LogP contribution in [0, 0.1) is 0 Å². The van der Waals surface area contributed by atoms with Gasteiger partial charge in [-0.3, -0.25) is 0 Å². The SMILES string of the molecule is CN(C)c1nc(C(=O)O)cc(S(C)(=O)=O)n1. The van der Waals surface area contributed by atoms with Crippen molar-refractivity contribution in [1.29, 1.82) is 0 Å². The summed E-state index contributed by atoms with van der Waals surface area (Å²) in [7, 11) is -0.375. The number of hydrogen-bond donors (Lipinski definition) is 1. The maximum Gasteiger partial charge on any atom is 0.354 e. The zero-order chi connectivity index (χ0) is 12.5. The molecule has 0 aliphatic rings. The second kappa shape index (κ2) is 4.05. The van der Waals surface area contributed by atoms with Gasteiger partial charge in [0, 0.05) is 26.4 Å². The molecule has 1 heterocycles. The lowest BCUT2D eigenvalue weighted by atomic mass is 10.4. The van der Waals surface area contributed by atoms with Crippen molar-refractivity contribution in [2.24, 2.45) is 0 Å². The molecule has 0 radical (unpaired) electrons. The number of aromatic carboxylic acids is 1. The van der Waals surface area contributed by atoms with Gasteiger partial charge in [-0.1, -0.05) is 0 Å². The number of sulfone groups is 1. The molecule has 8 heteroatoms. The van der Waals surface area contributed by atoms with Crippen molar-refractivity contribution in [2.75, 3.05) is 25.3 Å². The fourth-order valence-electron chi connectivity index (χ4n) is 0.912. The molecule has 0 amide bonds. The molecule has 0 unspecified atom stereocenters. The minimum absolute atomic E-state index is 0.0420. The van der Waals surface area contributed by atoms with E-state index >= 15 is 0 Å². The highest BCUT2D eigenvalue weighted by atomic mass is 32.2. The smallest absolute Gasteiger partial charge is 0.354 e. The highest BCUT2D eigenvalue weighted by Crippen LogP contribution is 2.12. The molecule has 1 aromatic heterocycles. The molecule has 7 nitrogen and oxygen atoms in total. The van der Waals surface area contributed by atoms with Crippen LogP contribution in [0.15, 0.2) is 11.1 Å². The minimum Gasteiger partial charge on any atom is -0.477 e. The predicted molar refractivity (Wildman–Crippen MR) is 56.4 cm³/mol. The Labute approximate surface area is 92.7 Å². The highest BCUT2D eigenvalue weighted by Gasteiger charge is 2.17. The molecule has 0 atom stereocenters. The molecular weight excluding hydrogens is 234 g/mol. The van der Waals surface area contributed by atoms with E-state index in [9.17, 15) is 13.2 Å². The van der Waals surface area contributed by atoms with Gasteiger partial charge in [-0.2, -0.15) is 0 Å². The van der Waals surface area contributed by atoms with Crippen molar-refractivity contribution >= 4 is 21.8 Å². The summed E-state index contributed by atoms with van der Waals surface area (Å²) in [5, 5.41) is 8.48. The minimum atomic E-state index is -3.56. The molecule has 1 rings (SSSR count). The molecule has 0 aliphatic heterocycles. The van der Waals surface area contributed by atoms with E-state index in [0.717, 1.165) is 12.3 Å². The van der Waals surface area contributed by atoms with Crippen LogP contribution in [0.25, 0.3) is 0 Å². The number of anilines is 1. The van der Waals surface area contributed by atoms with Crippen molar-refractivity contribution in [3.8, 4) is 0 Å². The Morgan fingerprint density at radius 3 is 2.31 bits per heavy atom. The van der Waals surface area contributed by atoms with Crippen LogP contribution in [-0.2, 0) is 9.84 Å². The zero-order valence-corrected chi connectivity index (χ0v) is 9.82. The fourth-order valence-corrected chi connectivity index (χ4v) is 1.49. The van der Waals surface area contributed by atoms with E-state index in [0.29, 0.717) is 0 Å². The van der Waals surface area contributed by atoms with Gasteiger partial charge in [0.05, 0.1) is 0 Å². The van der Waals surface area contributed by atoms with E-state index in [-0.39, 0.29) is 16.7 Å². The molecule has 88 valence electrons. The Kier molecular flexibility index (Phi) is 3.13. The molecule has 1 N–H and O–H groups in total. The van der Waals surface area contributed by atoms with Crippen molar-refractivity contribution in [3.63, 3.8) is 0 Å². The summed E-state index contributed by atoms with van der Waals surface area (Å²) in [4.78, 5) is 19.6. The summed E-state index contributed by atoms with van der Waals surface area (Å²) in [6.07, 6.45) is 0.959. The second-order valence-electron chi connectivity index (χ2n) is 3.36. The first-order valence-corrected chi connectivity index (χ1v) is 6.10. The van der Waals surface area contributed by atoms with Crippen LogP contribution in [0.4, 0.5) is 5.95 Å². The van der Waals surface area contributed by atoms with Crippen LogP contribution in [-0.4, -0.2) is 49.8 Å². The number of hydrogen-bond acceptors (Lipinski definition) is 6. The summed E-state index contributed by atoms with van der Waals surface area (Å²) in [5.74, 6) is -1.25. The Balaban J connectivity index is 3.48. The molecule has 0 fully saturated rings. The van der Waals surface area contributed by atoms with Gasteiger partial charge >= 0.3 is 5.97 Å². The fraction of sp³-hybridized carbons (Fsp3) is 0.375. The predicted octanol–water partition coefficient (Wildman–Crippen LogP) is -0.356. The third-order valence-corrected chi connectivity index (χ3v) is 2.66. The molecular formula is C8H11N3O4S. The van der Waals surface area contributed by atoms with Gasteiger partial charge in [-0.15, -0.1) is 0 Å². The molecule has 0 spiro atoms. The summed E-state index contributed by atoms with van der Waals surface area (Å²) in [6.45, 7) is 0. The van der Waals surface area contributed by atoms with Crippen LogP contribution in [0.2, 0.25) is 0 Å². The second-order valence-corrected chi connectivity index (χ2v) is 5.33. The maximum atomic E-state index is 11.3. The standard InChI is InChI=1S/C8H11N3O4S/c1-11(2)8-9-5(7(12)13)4-6(10-8)16(3,14)15/h4H,1-3H3,(H,12,13).